The number of nitrogens with zero attached hydrogens (tertiary/aromatic N) is 1. The van der Waals surface area contributed by atoms with Crippen LogP contribution in [0.25, 0.3) is 0 Å². The molecule has 0 aromatic heterocycles. The van der Waals surface area contributed by atoms with E-state index in [1.807, 2.05) is 24.3 Å². The van der Waals surface area contributed by atoms with Gasteiger partial charge in [-0.05, 0) is 41.9 Å². The fourth-order valence-electron chi connectivity index (χ4n) is 3.11. The van der Waals surface area contributed by atoms with Gasteiger partial charge in [0.25, 0.3) is 0 Å². The zero-order chi connectivity index (χ0) is 16.3. The van der Waals surface area contributed by atoms with Crippen LogP contribution in [0.5, 0.6) is 0 Å². The van der Waals surface area contributed by atoms with Crippen LogP contribution in [-0.2, 0) is 9.59 Å². The van der Waals surface area contributed by atoms with Crippen LogP contribution >= 0.6 is 0 Å². The minimum atomic E-state index is -0.543. The summed E-state index contributed by atoms with van der Waals surface area (Å²) in [6.45, 7) is 9.83. The molecule has 1 saturated heterocycles. The molecule has 22 heavy (non-hydrogen) atoms. The first-order valence-electron chi connectivity index (χ1n) is 8.07. The number of rotatable bonds is 2. The van der Waals surface area contributed by atoms with Crippen LogP contribution in [0.15, 0.2) is 24.3 Å². The van der Waals surface area contributed by atoms with Crippen LogP contribution in [0.1, 0.15) is 45.6 Å². The van der Waals surface area contributed by atoms with Gasteiger partial charge in [-0.1, -0.05) is 39.8 Å². The molecule has 1 aromatic rings. The fraction of sp³-hybridized carbons (Fsp3) is 0.556. The molecule has 1 fully saturated rings. The maximum atomic E-state index is 12.3. The van der Waals surface area contributed by atoms with E-state index in [0.29, 0.717) is 36.5 Å². The summed E-state index contributed by atoms with van der Waals surface area (Å²) in [7, 11) is 0. The van der Waals surface area contributed by atoms with E-state index >= 15 is 0 Å². The second kappa shape index (κ2) is 6.95. The van der Waals surface area contributed by atoms with E-state index in [0.717, 1.165) is 6.42 Å². The van der Waals surface area contributed by atoms with Crippen LogP contribution < -0.4 is 5.32 Å². The molecule has 1 N–H and O–H groups in total. The predicted octanol–water partition coefficient (Wildman–Crippen LogP) is 3.25. The number of carbonyl (C=O) groups is 2. The van der Waals surface area contributed by atoms with Crippen molar-refractivity contribution in [3.8, 4) is 0 Å². The quantitative estimate of drug-likeness (QED) is 0.853. The third kappa shape index (κ3) is 4.09. The minimum Gasteiger partial charge on any atom is -0.334 e. The molecule has 0 spiro atoms. The average Bonchev–Trinajstić information content (AvgIpc) is 2.46. The lowest BCUT2D eigenvalue weighted by Gasteiger charge is -2.34. The van der Waals surface area contributed by atoms with Gasteiger partial charge in [0, 0.05) is 18.8 Å². The number of piperidine rings is 1. The van der Waals surface area contributed by atoms with Gasteiger partial charge in [-0.3, -0.25) is 9.59 Å². The van der Waals surface area contributed by atoms with Crippen molar-refractivity contribution in [1.82, 2.24) is 4.90 Å². The molecule has 1 heterocycles. The number of carbonyl (C=O) groups excluding carboxylic acids is 2. The molecule has 0 bridgehead atoms. The van der Waals surface area contributed by atoms with Crippen molar-refractivity contribution in [2.24, 2.45) is 11.8 Å². The van der Waals surface area contributed by atoms with Gasteiger partial charge in [-0.25, -0.2) is 0 Å². The second-order valence-electron chi connectivity index (χ2n) is 6.89. The van der Waals surface area contributed by atoms with Gasteiger partial charge in [-0.2, -0.15) is 0 Å². The van der Waals surface area contributed by atoms with Gasteiger partial charge in [0.15, 0.2) is 0 Å². The summed E-state index contributed by atoms with van der Waals surface area (Å²) < 4.78 is 0. The molecule has 2 amide bonds. The van der Waals surface area contributed by atoms with Crippen molar-refractivity contribution < 1.29 is 9.59 Å². The Labute approximate surface area is 132 Å². The fourth-order valence-corrected chi connectivity index (χ4v) is 3.11. The summed E-state index contributed by atoms with van der Waals surface area (Å²) >= 11 is 0. The molecule has 1 aromatic carbocycles. The third-order valence-electron chi connectivity index (χ3n) is 4.19. The standard InChI is InChI=1S/C18H26N2O2/c1-12(2)15-5-7-16(8-6-15)19-17(21)18(22)20-10-13(3)9-14(4)11-20/h5-8,12-14H,9-11H2,1-4H3,(H,19,21). The topological polar surface area (TPSA) is 49.4 Å². The molecule has 4 nitrogen and oxygen atoms in total. The van der Waals surface area contributed by atoms with E-state index in [1.165, 1.54) is 5.56 Å². The SMILES string of the molecule is CC1CC(C)CN(C(=O)C(=O)Nc2ccc(C(C)C)cc2)C1. The van der Waals surface area contributed by atoms with Crippen molar-refractivity contribution in [3.05, 3.63) is 29.8 Å². The van der Waals surface area contributed by atoms with E-state index in [2.05, 4.69) is 33.0 Å². The number of anilines is 1. The zero-order valence-corrected chi connectivity index (χ0v) is 13.9. The van der Waals surface area contributed by atoms with Crippen LogP contribution in [0.3, 0.4) is 0 Å². The molecular formula is C18H26N2O2. The first-order valence-corrected chi connectivity index (χ1v) is 8.07. The summed E-state index contributed by atoms with van der Waals surface area (Å²) in [6, 6.07) is 7.66. The van der Waals surface area contributed by atoms with Gasteiger partial charge in [0.2, 0.25) is 0 Å². The monoisotopic (exact) mass is 302 g/mol. The van der Waals surface area contributed by atoms with Gasteiger partial charge in [-0.15, -0.1) is 0 Å². The van der Waals surface area contributed by atoms with Gasteiger partial charge >= 0.3 is 11.8 Å². The molecule has 1 aliphatic rings. The van der Waals surface area contributed by atoms with Gasteiger partial charge < -0.3 is 10.2 Å². The van der Waals surface area contributed by atoms with E-state index < -0.39 is 11.8 Å². The lowest BCUT2D eigenvalue weighted by Crippen LogP contribution is -2.47. The first-order chi connectivity index (χ1) is 10.4. The highest BCUT2D eigenvalue weighted by atomic mass is 16.2. The third-order valence-corrected chi connectivity index (χ3v) is 4.19. The van der Waals surface area contributed by atoms with E-state index in [9.17, 15) is 9.59 Å². The second-order valence-corrected chi connectivity index (χ2v) is 6.89. The molecule has 0 radical (unpaired) electrons. The average molecular weight is 302 g/mol. The Bertz CT molecular complexity index is 527. The first kappa shape index (κ1) is 16.5. The maximum Gasteiger partial charge on any atom is 0.313 e. The number of amides is 2. The van der Waals surface area contributed by atoms with E-state index in [4.69, 9.17) is 0 Å². The Morgan fingerprint density at radius 1 is 1.09 bits per heavy atom. The van der Waals surface area contributed by atoms with Crippen LogP contribution in [0, 0.1) is 11.8 Å². The Hall–Kier alpha value is -1.84. The van der Waals surface area contributed by atoms with Gasteiger partial charge in [0.1, 0.15) is 0 Å². The number of nitrogens with one attached hydrogen (secondary N) is 1. The van der Waals surface area contributed by atoms with Crippen LogP contribution in [0.2, 0.25) is 0 Å². The summed E-state index contributed by atoms with van der Waals surface area (Å²) in [6.07, 6.45) is 1.11. The normalized spacial score (nSPS) is 21.8. The summed E-state index contributed by atoms with van der Waals surface area (Å²) in [5.74, 6) is 0.379. The van der Waals surface area contributed by atoms with Crippen LogP contribution in [0.4, 0.5) is 5.69 Å². The molecular weight excluding hydrogens is 276 g/mol. The minimum absolute atomic E-state index is 0.425. The van der Waals surface area contributed by atoms with Crippen molar-refractivity contribution in [2.45, 2.75) is 40.0 Å². The number of likely N-dealkylation sites (tertiary alicyclic amines) is 1. The largest absolute Gasteiger partial charge is 0.334 e. The maximum absolute atomic E-state index is 12.3. The van der Waals surface area contributed by atoms with Crippen molar-refractivity contribution in [2.75, 3.05) is 18.4 Å². The zero-order valence-electron chi connectivity index (χ0n) is 13.9. The number of hydrogen-bond donors (Lipinski definition) is 1. The molecule has 2 atom stereocenters. The van der Waals surface area contributed by atoms with Crippen molar-refractivity contribution in [1.29, 1.82) is 0 Å². The molecule has 0 saturated carbocycles. The number of hydrogen-bond acceptors (Lipinski definition) is 2. The summed E-state index contributed by atoms with van der Waals surface area (Å²) in [5.41, 5.74) is 1.88. The lowest BCUT2D eigenvalue weighted by atomic mass is 9.92. The Kier molecular flexibility index (Phi) is 5.22. The van der Waals surface area contributed by atoms with E-state index in [1.54, 1.807) is 4.90 Å². The predicted molar refractivity (Wildman–Crippen MR) is 88.7 cm³/mol. The summed E-state index contributed by atoms with van der Waals surface area (Å²) in [4.78, 5) is 26.1. The molecule has 1 aliphatic heterocycles. The molecule has 2 unspecified atom stereocenters. The van der Waals surface area contributed by atoms with Crippen LogP contribution in [-0.4, -0.2) is 29.8 Å². The van der Waals surface area contributed by atoms with Crippen molar-refractivity contribution >= 4 is 17.5 Å². The molecule has 2 rings (SSSR count). The molecule has 0 aliphatic carbocycles. The Balaban J connectivity index is 1.97. The Morgan fingerprint density at radius 2 is 1.64 bits per heavy atom. The summed E-state index contributed by atoms with van der Waals surface area (Å²) in [5, 5.41) is 2.70. The highest BCUT2D eigenvalue weighted by molar-refractivity contribution is 6.39. The van der Waals surface area contributed by atoms with Crippen molar-refractivity contribution in [3.63, 3.8) is 0 Å². The van der Waals surface area contributed by atoms with Gasteiger partial charge in [0.05, 0.1) is 0 Å². The Morgan fingerprint density at radius 3 is 2.14 bits per heavy atom. The lowest BCUT2D eigenvalue weighted by molar-refractivity contribution is -0.144. The molecule has 4 heteroatoms. The smallest absolute Gasteiger partial charge is 0.313 e. The highest BCUT2D eigenvalue weighted by Crippen LogP contribution is 2.21. The van der Waals surface area contributed by atoms with E-state index in [-0.39, 0.29) is 0 Å². The highest BCUT2D eigenvalue weighted by Gasteiger charge is 2.29. The number of benzene rings is 1. The molecule has 120 valence electrons.